The number of hydrogen-bond donors (Lipinski definition) is 2. The van der Waals surface area contributed by atoms with E-state index in [0.29, 0.717) is 13.0 Å². The Balaban J connectivity index is 1.77. The van der Waals surface area contributed by atoms with Crippen LogP contribution in [0.5, 0.6) is 0 Å². The zero-order valence-corrected chi connectivity index (χ0v) is 12.2. The summed E-state index contributed by atoms with van der Waals surface area (Å²) in [5, 5.41) is 16.5. The molecule has 2 atom stereocenters. The van der Waals surface area contributed by atoms with Gasteiger partial charge in [0, 0.05) is 12.6 Å². The summed E-state index contributed by atoms with van der Waals surface area (Å²) in [5.41, 5.74) is 2.08. The maximum Gasteiger partial charge on any atom is 0.307 e. The highest BCUT2D eigenvalue weighted by atomic mass is 79.9. The number of carboxylic acids is 1. The van der Waals surface area contributed by atoms with Crippen molar-refractivity contribution in [3.63, 3.8) is 0 Å². The van der Waals surface area contributed by atoms with Crippen LogP contribution < -0.4 is 5.32 Å². The van der Waals surface area contributed by atoms with Gasteiger partial charge in [-0.05, 0) is 46.1 Å². The number of benzene rings is 1. The second kappa shape index (κ2) is 5.38. The molecule has 0 bridgehead atoms. The molecule has 1 aliphatic heterocycles. The van der Waals surface area contributed by atoms with E-state index in [2.05, 4.69) is 26.3 Å². The van der Waals surface area contributed by atoms with Gasteiger partial charge in [0.25, 0.3) is 0 Å². The molecule has 2 N–H and O–H groups in total. The van der Waals surface area contributed by atoms with Crippen LogP contribution in [-0.4, -0.2) is 27.4 Å². The minimum atomic E-state index is -0.725. The Morgan fingerprint density at radius 3 is 2.65 bits per heavy atom. The highest BCUT2D eigenvalue weighted by Gasteiger charge is 2.29. The molecular weight excluding hydrogens is 322 g/mol. The number of hydrogen-bond acceptors (Lipinski definition) is 3. The van der Waals surface area contributed by atoms with Gasteiger partial charge in [-0.1, -0.05) is 12.1 Å². The van der Waals surface area contributed by atoms with Crippen molar-refractivity contribution in [2.75, 3.05) is 6.54 Å². The minimum Gasteiger partial charge on any atom is -0.481 e. The SMILES string of the molecule is O=C(O)C1CNC(c2ccc(-n3nccc3Br)cc2)C1. The lowest BCUT2D eigenvalue weighted by atomic mass is 10.00. The average molecular weight is 336 g/mol. The molecular formula is C14H14BrN3O2. The van der Waals surface area contributed by atoms with Crippen LogP contribution in [0.25, 0.3) is 5.69 Å². The van der Waals surface area contributed by atoms with Crippen molar-refractivity contribution in [3.05, 3.63) is 46.7 Å². The molecule has 0 spiro atoms. The number of nitrogens with zero attached hydrogens (tertiary/aromatic N) is 2. The number of aromatic nitrogens is 2. The molecule has 6 heteroatoms. The van der Waals surface area contributed by atoms with E-state index >= 15 is 0 Å². The van der Waals surface area contributed by atoms with Crippen LogP contribution in [0.15, 0.2) is 41.1 Å². The second-order valence-electron chi connectivity index (χ2n) is 4.89. The molecule has 2 heterocycles. The van der Waals surface area contributed by atoms with Gasteiger partial charge in [-0.15, -0.1) is 0 Å². The highest BCUT2D eigenvalue weighted by molar-refractivity contribution is 9.10. The van der Waals surface area contributed by atoms with Crippen molar-refractivity contribution in [2.24, 2.45) is 5.92 Å². The summed E-state index contributed by atoms with van der Waals surface area (Å²) in [6, 6.07) is 10.0. The van der Waals surface area contributed by atoms with Crippen LogP contribution in [0.4, 0.5) is 0 Å². The van der Waals surface area contributed by atoms with E-state index in [1.54, 1.807) is 10.9 Å². The Morgan fingerprint density at radius 2 is 2.10 bits per heavy atom. The number of carbonyl (C=O) groups is 1. The van der Waals surface area contributed by atoms with E-state index in [-0.39, 0.29) is 12.0 Å². The van der Waals surface area contributed by atoms with Crippen molar-refractivity contribution in [1.82, 2.24) is 15.1 Å². The Labute approximate surface area is 124 Å². The lowest BCUT2D eigenvalue weighted by molar-refractivity contribution is -0.141. The lowest BCUT2D eigenvalue weighted by Gasteiger charge is -2.11. The maximum atomic E-state index is 11.0. The van der Waals surface area contributed by atoms with Crippen LogP contribution >= 0.6 is 15.9 Å². The van der Waals surface area contributed by atoms with Crippen LogP contribution in [0.3, 0.4) is 0 Å². The zero-order valence-electron chi connectivity index (χ0n) is 10.7. The van der Waals surface area contributed by atoms with Gasteiger partial charge in [-0.2, -0.15) is 5.10 Å². The molecule has 0 saturated carbocycles. The summed E-state index contributed by atoms with van der Waals surface area (Å²) in [5.74, 6) is -1.02. The molecule has 1 aliphatic rings. The van der Waals surface area contributed by atoms with Gasteiger partial charge < -0.3 is 10.4 Å². The third kappa shape index (κ3) is 2.48. The maximum absolute atomic E-state index is 11.0. The normalized spacial score (nSPS) is 22.1. The van der Waals surface area contributed by atoms with Gasteiger partial charge in [-0.25, -0.2) is 4.68 Å². The standard InChI is InChI=1S/C14H14BrN3O2/c15-13-5-6-17-18(13)11-3-1-9(2-4-11)12-7-10(8-16-12)14(19)20/h1-6,10,12,16H,7-8H2,(H,19,20). The Hall–Kier alpha value is -1.66. The van der Waals surface area contributed by atoms with E-state index < -0.39 is 5.97 Å². The van der Waals surface area contributed by atoms with Crippen LogP contribution in [-0.2, 0) is 4.79 Å². The molecule has 0 amide bonds. The Morgan fingerprint density at radius 1 is 1.35 bits per heavy atom. The third-order valence-electron chi connectivity index (χ3n) is 3.62. The Bertz CT molecular complexity index is 624. The van der Waals surface area contributed by atoms with Crippen molar-refractivity contribution in [1.29, 1.82) is 0 Å². The quantitative estimate of drug-likeness (QED) is 0.903. The van der Waals surface area contributed by atoms with Crippen LogP contribution in [0, 0.1) is 5.92 Å². The smallest absolute Gasteiger partial charge is 0.307 e. The summed E-state index contributed by atoms with van der Waals surface area (Å²) >= 11 is 3.43. The van der Waals surface area contributed by atoms with E-state index in [0.717, 1.165) is 15.9 Å². The third-order valence-corrected chi connectivity index (χ3v) is 4.22. The van der Waals surface area contributed by atoms with Crippen molar-refractivity contribution in [3.8, 4) is 5.69 Å². The summed E-state index contributed by atoms with van der Waals surface area (Å²) in [6.45, 7) is 0.534. The van der Waals surface area contributed by atoms with E-state index in [4.69, 9.17) is 5.11 Å². The average Bonchev–Trinajstić information content (AvgIpc) is 3.07. The monoisotopic (exact) mass is 335 g/mol. The first kappa shape index (κ1) is 13.3. The summed E-state index contributed by atoms with van der Waals surface area (Å²) in [6.07, 6.45) is 2.37. The topological polar surface area (TPSA) is 67.2 Å². The number of nitrogens with one attached hydrogen (secondary N) is 1. The zero-order chi connectivity index (χ0) is 14.1. The van der Waals surface area contributed by atoms with Crippen molar-refractivity contribution in [2.45, 2.75) is 12.5 Å². The molecule has 0 aliphatic carbocycles. The summed E-state index contributed by atoms with van der Waals surface area (Å²) < 4.78 is 2.70. The largest absolute Gasteiger partial charge is 0.481 e. The highest BCUT2D eigenvalue weighted by Crippen LogP contribution is 2.28. The number of carboxylic acid groups (broad SMARTS) is 1. The van der Waals surface area contributed by atoms with Gasteiger partial charge in [0.2, 0.25) is 0 Å². The molecule has 2 aromatic rings. The first-order chi connectivity index (χ1) is 9.65. The molecule has 104 valence electrons. The molecule has 1 saturated heterocycles. The van der Waals surface area contributed by atoms with Crippen molar-refractivity contribution >= 4 is 21.9 Å². The first-order valence-electron chi connectivity index (χ1n) is 6.41. The van der Waals surface area contributed by atoms with E-state index in [9.17, 15) is 4.79 Å². The van der Waals surface area contributed by atoms with E-state index in [1.807, 2.05) is 30.3 Å². The molecule has 0 radical (unpaired) electrons. The van der Waals surface area contributed by atoms with E-state index in [1.165, 1.54) is 0 Å². The number of aliphatic carboxylic acids is 1. The van der Waals surface area contributed by atoms with Gasteiger partial charge in [0.1, 0.15) is 4.60 Å². The lowest BCUT2D eigenvalue weighted by Crippen LogP contribution is -2.17. The molecule has 2 unspecified atom stereocenters. The summed E-state index contributed by atoms with van der Waals surface area (Å²) in [7, 11) is 0. The molecule has 1 fully saturated rings. The fourth-order valence-electron chi connectivity index (χ4n) is 2.50. The van der Waals surface area contributed by atoms with Crippen LogP contribution in [0.1, 0.15) is 18.0 Å². The molecule has 3 rings (SSSR count). The fourth-order valence-corrected chi connectivity index (χ4v) is 2.92. The minimum absolute atomic E-state index is 0.117. The number of rotatable bonds is 3. The van der Waals surface area contributed by atoms with Crippen molar-refractivity contribution < 1.29 is 9.90 Å². The Kier molecular flexibility index (Phi) is 3.58. The first-order valence-corrected chi connectivity index (χ1v) is 7.20. The van der Waals surface area contributed by atoms with Gasteiger partial charge in [0.15, 0.2) is 0 Å². The fraction of sp³-hybridized carbons (Fsp3) is 0.286. The molecule has 1 aromatic carbocycles. The second-order valence-corrected chi connectivity index (χ2v) is 5.70. The number of halogens is 1. The van der Waals surface area contributed by atoms with Crippen LogP contribution in [0.2, 0.25) is 0 Å². The predicted octanol–water partition coefficient (Wildman–Crippen LogP) is 2.37. The van der Waals surface area contributed by atoms with Gasteiger partial charge in [0.05, 0.1) is 17.8 Å². The van der Waals surface area contributed by atoms with Gasteiger partial charge >= 0.3 is 5.97 Å². The van der Waals surface area contributed by atoms with Gasteiger partial charge in [-0.3, -0.25) is 4.79 Å². The predicted molar refractivity (Wildman–Crippen MR) is 77.8 cm³/mol. The molecule has 1 aromatic heterocycles. The molecule has 5 nitrogen and oxygen atoms in total. The molecule has 20 heavy (non-hydrogen) atoms. The summed E-state index contributed by atoms with van der Waals surface area (Å²) in [4.78, 5) is 11.0.